The molecule has 8 heteroatoms. The van der Waals surface area contributed by atoms with Crippen molar-refractivity contribution < 1.29 is 18.0 Å². The summed E-state index contributed by atoms with van der Waals surface area (Å²) in [4.78, 5) is 22.1. The van der Waals surface area contributed by atoms with Gasteiger partial charge in [0.15, 0.2) is 0 Å². The third-order valence-electron chi connectivity index (χ3n) is 4.39. The zero-order valence-corrected chi connectivity index (χ0v) is 14.3. The SMILES string of the molecule is Cc1cccnc1NC(=O)[C@H]1CCCN(c2cccc(C(F)(F)F)n2)C1. The topological polar surface area (TPSA) is 58.1 Å². The number of anilines is 2. The Morgan fingerprint density at radius 3 is 2.81 bits per heavy atom. The van der Waals surface area contributed by atoms with Crippen LogP contribution in [0.15, 0.2) is 36.5 Å². The highest BCUT2D eigenvalue weighted by molar-refractivity contribution is 5.92. The number of carbonyl (C=O) groups is 1. The molecule has 2 aromatic heterocycles. The van der Waals surface area contributed by atoms with Crippen LogP contribution in [-0.2, 0) is 11.0 Å². The van der Waals surface area contributed by atoms with Crippen LogP contribution in [0.25, 0.3) is 0 Å². The number of rotatable bonds is 3. The second-order valence-electron chi connectivity index (χ2n) is 6.32. The van der Waals surface area contributed by atoms with Crippen molar-refractivity contribution in [2.24, 2.45) is 5.92 Å². The van der Waals surface area contributed by atoms with Crippen molar-refractivity contribution in [2.45, 2.75) is 25.9 Å². The van der Waals surface area contributed by atoms with Crippen molar-refractivity contribution in [1.29, 1.82) is 0 Å². The maximum Gasteiger partial charge on any atom is 0.433 e. The number of alkyl halides is 3. The minimum Gasteiger partial charge on any atom is -0.356 e. The van der Waals surface area contributed by atoms with Crippen LogP contribution in [0.5, 0.6) is 0 Å². The quantitative estimate of drug-likeness (QED) is 0.903. The molecule has 1 N–H and O–H groups in total. The highest BCUT2D eigenvalue weighted by Crippen LogP contribution is 2.30. The van der Waals surface area contributed by atoms with Crippen LogP contribution in [0.3, 0.4) is 0 Å². The van der Waals surface area contributed by atoms with Crippen molar-refractivity contribution in [3.05, 3.63) is 47.8 Å². The largest absolute Gasteiger partial charge is 0.433 e. The van der Waals surface area contributed by atoms with Gasteiger partial charge in [0, 0.05) is 19.3 Å². The maximum absolute atomic E-state index is 12.9. The van der Waals surface area contributed by atoms with Gasteiger partial charge < -0.3 is 10.2 Å². The average molecular weight is 364 g/mol. The fraction of sp³-hybridized carbons (Fsp3) is 0.389. The van der Waals surface area contributed by atoms with Crippen LogP contribution < -0.4 is 10.2 Å². The molecule has 1 fully saturated rings. The van der Waals surface area contributed by atoms with Crippen LogP contribution in [0.1, 0.15) is 24.1 Å². The number of hydrogen-bond donors (Lipinski definition) is 1. The fourth-order valence-corrected chi connectivity index (χ4v) is 2.99. The number of nitrogens with one attached hydrogen (secondary N) is 1. The van der Waals surface area contributed by atoms with Gasteiger partial charge in [-0.15, -0.1) is 0 Å². The molecule has 3 rings (SSSR count). The van der Waals surface area contributed by atoms with E-state index in [-0.39, 0.29) is 17.6 Å². The second kappa shape index (κ2) is 7.31. The smallest absolute Gasteiger partial charge is 0.356 e. The second-order valence-corrected chi connectivity index (χ2v) is 6.32. The lowest BCUT2D eigenvalue weighted by Gasteiger charge is -2.33. The molecule has 0 bridgehead atoms. The zero-order chi connectivity index (χ0) is 18.7. The third-order valence-corrected chi connectivity index (χ3v) is 4.39. The summed E-state index contributed by atoms with van der Waals surface area (Å²) < 4.78 is 38.6. The molecule has 0 aliphatic carbocycles. The van der Waals surface area contributed by atoms with Gasteiger partial charge in [0.25, 0.3) is 0 Å². The number of hydrogen-bond acceptors (Lipinski definition) is 4. The van der Waals surface area contributed by atoms with Crippen molar-refractivity contribution in [1.82, 2.24) is 9.97 Å². The van der Waals surface area contributed by atoms with Crippen LogP contribution in [-0.4, -0.2) is 29.0 Å². The van der Waals surface area contributed by atoms with Crippen LogP contribution >= 0.6 is 0 Å². The van der Waals surface area contributed by atoms with E-state index in [1.54, 1.807) is 23.2 Å². The van der Waals surface area contributed by atoms with Gasteiger partial charge in [0.1, 0.15) is 17.3 Å². The molecule has 2 aromatic rings. The van der Waals surface area contributed by atoms with Gasteiger partial charge in [0.05, 0.1) is 5.92 Å². The number of carbonyl (C=O) groups excluding carboxylic acids is 1. The summed E-state index contributed by atoms with van der Waals surface area (Å²) >= 11 is 0. The van der Waals surface area contributed by atoms with Gasteiger partial charge in [-0.3, -0.25) is 4.79 Å². The Bertz CT molecular complexity index is 794. The molecule has 1 atom stereocenters. The number of amides is 1. The first-order chi connectivity index (χ1) is 12.3. The first kappa shape index (κ1) is 18.2. The third kappa shape index (κ3) is 4.12. The lowest BCUT2D eigenvalue weighted by Crippen LogP contribution is -2.41. The Morgan fingerprint density at radius 1 is 1.27 bits per heavy atom. The van der Waals surface area contributed by atoms with Gasteiger partial charge in [-0.25, -0.2) is 9.97 Å². The van der Waals surface area contributed by atoms with E-state index in [1.165, 1.54) is 6.07 Å². The van der Waals surface area contributed by atoms with Gasteiger partial charge >= 0.3 is 6.18 Å². The van der Waals surface area contributed by atoms with E-state index in [2.05, 4.69) is 15.3 Å². The first-order valence-electron chi connectivity index (χ1n) is 8.36. The van der Waals surface area contributed by atoms with Gasteiger partial charge in [-0.1, -0.05) is 12.1 Å². The van der Waals surface area contributed by atoms with Crippen molar-refractivity contribution in [3.8, 4) is 0 Å². The normalized spacial score (nSPS) is 17.8. The molecule has 1 amide bonds. The molecule has 0 aromatic carbocycles. The predicted octanol–water partition coefficient (Wildman–Crippen LogP) is 3.66. The van der Waals surface area contributed by atoms with E-state index in [9.17, 15) is 18.0 Å². The number of aromatic nitrogens is 2. The monoisotopic (exact) mass is 364 g/mol. The highest BCUT2D eigenvalue weighted by Gasteiger charge is 2.33. The van der Waals surface area contributed by atoms with Gasteiger partial charge in [-0.2, -0.15) is 13.2 Å². The summed E-state index contributed by atoms with van der Waals surface area (Å²) in [5, 5.41) is 2.81. The summed E-state index contributed by atoms with van der Waals surface area (Å²) in [6, 6.07) is 7.46. The van der Waals surface area contributed by atoms with E-state index in [4.69, 9.17) is 0 Å². The van der Waals surface area contributed by atoms with Gasteiger partial charge in [-0.05, 0) is 43.5 Å². The number of nitrogens with zero attached hydrogens (tertiary/aromatic N) is 3. The Labute approximate surface area is 149 Å². The van der Waals surface area contributed by atoms with E-state index < -0.39 is 11.9 Å². The lowest BCUT2D eigenvalue weighted by molar-refractivity contribution is -0.141. The van der Waals surface area contributed by atoms with Crippen LogP contribution in [0, 0.1) is 12.8 Å². The number of aryl methyl sites for hydroxylation is 1. The Kier molecular flexibility index (Phi) is 5.11. The first-order valence-corrected chi connectivity index (χ1v) is 8.36. The van der Waals surface area contributed by atoms with Crippen LogP contribution in [0.4, 0.5) is 24.8 Å². The summed E-state index contributed by atoms with van der Waals surface area (Å²) in [5.74, 6) is 0.239. The zero-order valence-electron chi connectivity index (χ0n) is 14.3. The molecule has 1 saturated heterocycles. The molecule has 1 aliphatic heterocycles. The summed E-state index contributed by atoms with van der Waals surface area (Å²) in [6.07, 6.45) is -1.51. The summed E-state index contributed by atoms with van der Waals surface area (Å²) in [7, 11) is 0. The van der Waals surface area contributed by atoms with Gasteiger partial charge in [0.2, 0.25) is 5.91 Å². The number of piperidine rings is 1. The molecule has 0 spiro atoms. The highest BCUT2D eigenvalue weighted by atomic mass is 19.4. The molecule has 26 heavy (non-hydrogen) atoms. The summed E-state index contributed by atoms with van der Waals surface area (Å²) in [6.45, 7) is 2.75. The number of halogens is 3. The molecule has 1 aliphatic rings. The lowest BCUT2D eigenvalue weighted by atomic mass is 9.97. The molecule has 5 nitrogen and oxygen atoms in total. The maximum atomic E-state index is 12.9. The van der Waals surface area contributed by atoms with E-state index in [1.807, 2.05) is 13.0 Å². The van der Waals surface area contributed by atoms with Crippen molar-refractivity contribution in [3.63, 3.8) is 0 Å². The van der Waals surface area contributed by atoms with E-state index in [0.29, 0.717) is 31.7 Å². The number of pyridine rings is 2. The average Bonchev–Trinajstić information content (AvgIpc) is 2.63. The molecular weight excluding hydrogens is 345 g/mol. The minimum atomic E-state index is -4.49. The van der Waals surface area contributed by atoms with E-state index >= 15 is 0 Å². The van der Waals surface area contributed by atoms with Crippen LogP contribution in [0.2, 0.25) is 0 Å². The van der Waals surface area contributed by atoms with Crippen molar-refractivity contribution >= 4 is 17.5 Å². The molecule has 138 valence electrons. The Morgan fingerprint density at radius 2 is 2.08 bits per heavy atom. The summed E-state index contributed by atoms with van der Waals surface area (Å²) in [5.41, 5.74) is -0.0706. The fourth-order valence-electron chi connectivity index (χ4n) is 2.99. The molecule has 0 saturated carbocycles. The van der Waals surface area contributed by atoms with Crippen molar-refractivity contribution in [2.75, 3.05) is 23.3 Å². The predicted molar refractivity (Wildman–Crippen MR) is 91.8 cm³/mol. The molecule has 3 heterocycles. The standard InChI is InChI=1S/C18H19F3N4O/c1-12-5-3-9-22-16(12)24-17(26)13-6-4-10-25(11-13)15-8-2-7-14(23-15)18(19,20)21/h2-3,5,7-9,13H,4,6,10-11H2,1H3,(H,22,24,26)/t13-/m0/s1. The molecule has 0 unspecified atom stereocenters. The minimum absolute atomic E-state index is 0.177. The van der Waals surface area contributed by atoms with E-state index in [0.717, 1.165) is 11.6 Å². The Hall–Kier alpha value is -2.64. The molecule has 0 radical (unpaired) electrons. The Balaban J connectivity index is 1.71. The molecular formula is C18H19F3N4O.